The summed E-state index contributed by atoms with van der Waals surface area (Å²) in [6.07, 6.45) is 1.61. The molecule has 0 radical (unpaired) electrons. The molecular weight excluding hydrogens is 202 g/mol. The van der Waals surface area contributed by atoms with Crippen molar-refractivity contribution in [3.8, 4) is 0 Å². The molecule has 16 heavy (non-hydrogen) atoms. The molecule has 0 N–H and O–H groups in total. The van der Waals surface area contributed by atoms with Crippen LogP contribution in [0.4, 0.5) is 11.4 Å². The zero-order valence-electron chi connectivity index (χ0n) is 9.39. The van der Waals surface area contributed by atoms with Gasteiger partial charge in [0.25, 0.3) is 0 Å². The summed E-state index contributed by atoms with van der Waals surface area (Å²) < 4.78 is 0. The van der Waals surface area contributed by atoms with E-state index in [0.717, 1.165) is 31.9 Å². The Bertz CT molecular complexity index is 404. The maximum absolute atomic E-state index is 10.3. The van der Waals surface area contributed by atoms with Crippen LogP contribution in [0.15, 0.2) is 29.3 Å². The van der Waals surface area contributed by atoms with E-state index < -0.39 is 0 Å². The maximum atomic E-state index is 10.3. The Morgan fingerprint density at radius 2 is 1.88 bits per heavy atom. The van der Waals surface area contributed by atoms with Crippen molar-refractivity contribution >= 4 is 17.5 Å². The van der Waals surface area contributed by atoms with Gasteiger partial charge >= 0.3 is 0 Å². The van der Waals surface area contributed by atoms with Gasteiger partial charge in [0.2, 0.25) is 6.08 Å². The van der Waals surface area contributed by atoms with E-state index in [1.165, 1.54) is 0 Å². The third-order valence-corrected chi connectivity index (χ3v) is 2.89. The first-order valence-electron chi connectivity index (χ1n) is 5.41. The third-order valence-electron chi connectivity index (χ3n) is 2.89. The quantitative estimate of drug-likeness (QED) is 0.555. The minimum absolute atomic E-state index is 0.710. The molecular formula is C12H15N3O. The van der Waals surface area contributed by atoms with Gasteiger partial charge in [0, 0.05) is 26.2 Å². The van der Waals surface area contributed by atoms with Crippen LogP contribution in [0.5, 0.6) is 0 Å². The Morgan fingerprint density at radius 1 is 1.19 bits per heavy atom. The lowest BCUT2D eigenvalue weighted by Gasteiger charge is -2.34. The number of para-hydroxylation sites is 2. The van der Waals surface area contributed by atoms with Crippen molar-refractivity contribution < 1.29 is 4.79 Å². The fourth-order valence-electron chi connectivity index (χ4n) is 1.92. The van der Waals surface area contributed by atoms with Crippen LogP contribution in [-0.2, 0) is 4.79 Å². The Kier molecular flexibility index (Phi) is 3.34. The highest BCUT2D eigenvalue weighted by molar-refractivity contribution is 5.69. The molecule has 84 valence electrons. The Hall–Kier alpha value is -1.64. The molecule has 0 unspecified atom stereocenters. The summed E-state index contributed by atoms with van der Waals surface area (Å²) in [7, 11) is 2.12. The van der Waals surface area contributed by atoms with Gasteiger partial charge in [0.1, 0.15) is 0 Å². The number of aliphatic imine (C=N–C) groups is 1. The molecule has 1 aliphatic rings. The molecule has 0 aromatic heterocycles. The molecule has 1 heterocycles. The lowest BCUT2D eigenvalue weighted by Crippen LogP contribution is -2.44. The van der Waals surface area contributed by atoms with Gasteiger partial charge in [0.15, 0.2) is 0 Å². The predicted octanol–water partition coefficient (Wildman–Crippen LogP) is 1.41. The van der Waals surface area contributed by atoms with E-state index >= 15 is 0 Å². The second kappa shape index (κ2) is 4.92. The van der Waals surface area contributed by atoms with Gasteiger partial charge in [-0.25, -0.2) is 4.79 Å². The number of nitrogens with zero attached hydrogens (tertiary/aromatic N) is 3. The average Bonchev–Trinajstić information content (AvgIpc) is 2.32. The van der Waals surface area contributed by atoms with Gasteiger partial charge < -0.3 is 9.80 Å². The number of anilines is 1. The molecule has 2 rings (SSSR count). The van der Waals surface area contributed by atoms with Crippen LogP contribution in [0.25, 0.3) is 0 Å². The number of likely N-dealkylation sites (N-methyl/N-ethyl adjacent to an activating group) is 1. The highest BCUT2D eigenvalue weighted by atomic mass is 16.1. The van der Waals surface area contributed by atoms with Gasteiger partial charge in [-0.1, -0.05) is 12.1 Å². The molecule has 4 heteroatoms. The van der Waals surface area contributed by atoms with Crippen LogP contribution in [0.2, 0.25) is 0 Å². The monoisotopic (exact) mass is 217 g/mol. The van der Waals surface area contributed by atoms with Crippen LogP contribution in [0.3, 0.4) is 0 Å². The van der Waals surface area contributed by atoms with Gasteiger partial charge in [-0.3, -0.25) is 0 Å². The van der Waals surface area contributed by atoms with Crippen molar-refractivity contribution in [2.75, 3.05) is 38.1 Å². The van der Waals surface area contributed by atoms with E-state index in [2.05, 4.69) is 21.8 Å². The summed E-state index contributed by atoms with van der Waals surface area (Å²) in [5.74, 6) is 0. The Labute approximate surface area is 95.2 Å². The summed E-state index contributed by atoms with van der Waals surface area (Å²) in [6, 6.07) is 7.70. The standard InChI is InChI=1S/C12H15N3O/c1-14-6-8-15(9-7-14)12-5-3-2-4-11(12)13-10-16/h2-5H,6-9H2,1H3. The number of hydrogen-bond acceptors (Lipinski definition) is 4. The van der Waals surface area contributed by atoms with Crippen molar-refractivity contribution in [2.45, 2.75) is 0 Å². The van der Waals surface area contributed by atoms with Crippen molar-refractivity contribution in [1.29, 1.82) is 0 Å². The fourth-order valence-corrected chi connectivity index (χ4v) is 1.92. The minimum Gasteiger partial charge on any atom is -0.367 e. The first kappa shape index (κ1) is 10.9. The van der Waals surface area contributed by atoms with E-state index in [1.807, 2.05) is 24.3 Å². The van der Waals surface area contributed by atoms with Crippen LogP contribution < -0.4 is 4.90 Å². The molecule has 1 fully saturated rings. The fraction of sp³-hybridized carbons (Fsp3) is 0.417. The molecule has 4 nitrogen and oxygen atoms in total. The number of hydrogen-bond donors (Lipinski definition) is 0. The first-order valence-corrected chi connectivity index (χ1v) is 5.41. The number of rotatable bonds is 2. The van der Waals surface area contributed by atoms with E-state index in [0.29, 0.717) is 5.69 Å². The number of carbonyl (C=O) groups excluding carboxylic acids is 1. The highest BCUT2D eigenvalue weighted by Crippen LogP contribution is 2.28. The SMILES string of the molecule is CN1CCN(c2ccccc2N=C=O)CC1. The van der Waals surface area contributed by atoms with Crippen LogP contribution in [0, 0.1) is 0 Å². The second-order valence-electron chi connectivity index (χ2n) is 3.98. The van der Waals surface area contributed by atoms with E-state index in [1.54, 1.807) is 6.08 Å². The summed E-state index contributed by atoms with van der Waals surface area (Å²) in [5, 5.41) is 0. The van der Waals surface area contributed by atoms with E-state index in [-0.39, 0.29) is 0 Å². The van der Waals surface area contributed by atoms with Gasteiger partial charge in [-0.2, -0.15) is 4.99 Å². The average molecular weight is 217 g/mol. The van der Waals surface area contributed by atoms with Gasteiger partial charge in [0.05, 0.1) is 11.4 Å². The summed E-state index contributed by atoms with van der Waals surface area (Å²) in [5.41, 5.74) is 1.74. The molecule has 0 bridgehead atoms. The van der Waals surface area contributed by atoms with Crippen molar-refractivity contribution in [3.63, 3.8) is 0 Å². The molecule has 0 amide bonds. The number of isocyanates is 1. The van der Waals surface area contributed by atoms with Crippen molar-refractivity contribution in [2.24, 2.45) is 4.99 Å². The molecule has 1 aromatic rings. The Balaban J connectivity index is 2.22. The topological polar surface area (TPSA) is 35.9 Å². The number of benzene rings is 1. The predicted molar refractivity (Wildman–Crippen MR) is 63.9 cm³/mol. The molecule has 1 aromatic carbocycles. The largest absolute Gasteiger partial charge is 0.367 e. The lowest BCUT2D eigenvalue weighted by molar-refractivity contribution is 0.313. The summed E-state index contributed by atoms with van der Waals surface area (Å²) in [4.78, 5) is 18.6. The molecule has 0 atom stereocenters. The molecule has 0 aliphatic carbocycles. The van der Waals surface area contributed by atoms with Gasteiger partial charge in [-0.05, 0) is 19.2 Å². The van der Waals surface area contributed by atoms with Crippen LogP contribution in [0.1, 0.15) is 0 Å². The molecule has 0 saturated carbocycles. The minimum atomic E-state index is 0.710. The third kappa shape index (κ3) is 2.30. The van der Waals surface area contributed by atoms with Crippen LogP contribution in [-0.4, -0.2) is 44.2 Å². The van der Waals surface area contributed by atoms with Gasteiger partial charge in [-0.15, -0.1) is 0 Å². The van der Waals surface area contributed by atoms with E-state index in [9.17, 15) is 4.79 Å². The smallest absolute Gasteiger partial charge is 0.240 e. The van der Waals surface area contributed by atoms with Crippen LogP contribution >= 0.6 is 0 Å². The lowest BCUT2D eigenvalue weighted by atomic mass is 10.2. The Morgan fingerprint density at radius 3 is 2.56 bits per heavy atom. The summed E-state index contributed by atoms with van der Waals surface area (Å²) in [6.45, 7) is 4.03. The summed E-state index contributed by atoms with van der Waals surface area (Å²) >= 11 is 0. The van der Waals surface area contributed by atoms with Crippen molar-refractivity contribution in [1.82, 2.24) is 4.90 Å². The number of piperazine rings is 1. The van der Waals surface area contributed by atoms with Crippen molar-refractivity contribution in [3.05, 3.63) is 24.3 Å². The second-order valence-corrected chi connectivity index (χ2v) is 3.98. The normalized spacial score (nSPS) is 16.9. The zero-order valence-corrected chi connectivity index (χ0v) is 9.39. The first-order chi connectivity index (χ1) is 7.81. The highest BCUT2D eigenvalue weighted by Gasteiger charge is 2.16. The molecule has 0 spiro atoms. The zero-order chi connectivity index (χ0) is 11.4. The maximum Gasteiger partial charge on any atom is 0.240 e. The molecule has 1 saturated heterocycles. The van der Waals surface area contributed by atoms with E-state index in [4.69, 9.17) is 0 Å². The molecule has 1 aliphatic heterocycles.